The fourth-order valence-electron chi connectivity index (χ4n) is 1.31. The summed E-state index contributed by atoms with van der Waals surface area (Å²) >= 11 is 3.98. The number of hydrogen-bond donors (Lipinski definition) is 3. The highest BCUT2D eigenvalue weighted by atomic mass is 32.1. The van der Waals surface area contributed by atoms with Gasteiger partial charge in [0.15, 0.2) is 0 Å². The Morgan fingerprint density at radius 1 is 1.37 bits per heavy atom. The molecule has 0 spiro atoms. The second kappa shape index (κ2) is 6.60. The lowest BCUT2D eigenvalue weighted by Crippen LogP contribution is -2.31. The Morgan fingerprint density at radius 3 is 2.58 bits per heavy atom. The predicted molar refractivity (Wildman–Crippen MR) is 73.1 cm³/mol. The molecule has 0 fully saturated rings. The summed E-state index contributed by atoms with van der Waals surface area (Å²) < 4.78 is 0.961. The van der Waals surface area contributed by atoms with Crippen LogP contribution in [0.3, 0.4) is 0 Å². The van der Waals surface area contributed by atoms with Gasteiger partial charge in [-0.3, -0.25) is 18.7 Å². The number of aliphatic carboxylic acids is 1. The summed E-state index contributed by atoms with van der Waals surface area (Å²) in [5.74, 6) is -2.26. The van der Waals surface area contributed by atoms with E-state index in [9.17, 15) is 14.4 Å². The molecule has 0 aliphatic heterocycles. The summed E-state index contributed by atoms with van der Waals surface area (Å²) in [7, 11) is 0. The molecule has 2 N–H and O–H groups in total. The monoisotopic (exact) mass is 280 g/mol. The number of benzene rings is 1. The van der Waals surface area contributed by atoms with Crippen LogP contribution in [-0.4, -0.2) is 29.4 Å². The summed E-state index contributed by atoms with van der Waals surface area (Å²) in [6, 6.07) is 6.21. The number of para-hydroxylation sites is 1. The first-order valence-electron chi connectivity index (χ1n) is 5.21. The Hall–Kier alpha value is -2.28. The lowest BCUT2D eigenvalue weighted by atomic mass is 10.1. The summed E-state index contributed by atoms with van der Waals surface area (Å²) in [4.78, 5) is 33.7. The van der Waals surface area contributed by atoms with Crippen LogP contribution in [0.1, 0.15) is 10.4 Å². The highest BCUT2D eigenvalue weighted by Gasteiger charge is 2.17. The van der Waals surface area contributed by atoms with E-state index in [2.05, 4.69) is 24.7 Å². The van der Waals surface area contributed by atoms with Gasteiger partial charge in [-0.1, -0.05) is 31.5 Å². The van der Waals surface area contributed by atoms with Gasteiger partial charge in [-0.25, -0.2) is 0 Å². The smallest absolute Gasteiger partial charge is 0.322 e. The number of thiol groups is 1. The number of carbonyl (C=O) groups is 3. The zero-order chi connectivity index (χ0) is 14.4. The number of carboxylic acid groups (broad SMARTS) is 1. The minimum Gasteiger partial charge on any atom is -0.480 e. The molecular formula is C12H12N2O4S. The fraction of sp³-hybridized carbons (Fsp3) is 0.0833. The second-order valence-electron chi connectivity index (χ2n) is 3.45. The zero-order valence-corrected chi connectivity index (χ0v) is 10.8. The van der Waals surface area contributed by atoms with Crippen molar-refractivity contribution < 1.29 is 19.5 Å². The van der Waals surface area contributed by atoms with E-state index in [1.807, 2.05) is 0 Å². The molecule has 0 bridgehead atoms. The van der Waals surface area contributed by atoms with Crippen LogP contribution in [-0.2, 0) is 9.59 Å². The van der Waals surface area contributed by atoms with Gasteiger partial charge in [0.1, 0.15) is 6.54 Å². The van der Waals surface area contributed by atoms with Gasteiger partial charge in [-0.05, 0) is 18.2 Å². The molecule has 2 amide bonds. The van der Waals surface area contributed by atoms with E-state index >= 15 is 0 Å². The van der Waals surface area contributed by atoms with E-state index in [0.29, 0.717) is 0 Å². The average Bonchev–Trinajstić information content (AvgIpc) is 2.42. The van der Waals surface area contributed by atoms with Gasteiger partial charge < -0.3 is 10.4 Å². The normalized spacial score (nSPS) is 9.53. The first-order chi connectivity index (χ1) is 8.97. The molecule has 0 atom stereocenters. The Kier molecular flexibility index (Phi) is 5.13. The SMILES string of the molecule is C=CC(=O)N(S)c1ccccc1C(=O)NCC(=O)O. The van der Waals surface area contributed by atoms with Gasteiger partial charge in [0.2, 0.25) is 0 Å². The van der Waals surface area contributed by atoms with Gasteiger partial charge in [0.25, 0.3) is 11.8 Å². The lowest BCUT2D eigenvalue weighted by Gasteiger charge is -2.17. The standard InChI is InChI=1S/C12H12N2O4S/c1-2-10(15)14(19)9-6-4-3-5-8(9)12(18)13-7-11(16)17/h2-6,19H,1,7H2,(H,13,18)(H,16,17). The predicted octanol–water partition coefficient (Wildman–Crippen LogP) is 0.865. The minimum atomic E-state index is -1.16. The number of nitrogens with one attached hydrogen (secondary N) is 1. The van der Waals surface area contributed by atoms with E-state index in [-0.39, 0.29) is 11.3 Å². The van der Waals surface area contributed by atoms with E-state index in [4.69, 9.17) is 5.11 Å². The number of hydrogen-bond acceptors (Lipinski definition) is 4. The van der Waals surface area contributed by atoms with Crippen molar-refractivity contribution in [1.29, 1.82) is 0 Å². The van der Waals surface area contributed by atoms with Gasteiger partial charge in [0.05, 0.1) is 11.3 Å². The van der Waals surface area contributed by atoms with Crippen LogP contribution in [0.2, 0.25) is 0 Å². The molecule has 0 radical (unpaired) electrons. The molecule has 1 aromatic rings. The minimum absolute atomic E-state index is 0.147. The number of rotatable bonds is 5. The Balaban J connectivity index is 3.01. The maximum atomic E-state index is 11.8. The Labute approximate surface area is 115 Å². The van der Waals surface area contributed by atoms with Gasteiger partial charge >= 0.3 is 5.97 Å². The summed E-state index contributed by atoms with van der Waals surface area (Å²) in [5.41, 5.74) is 0.396. The largest absolute Gasteiger partial charge is 0.480 e. The van der Waals surface area contributed by atoms with Crippen molar-refractivity contribution in [2.75, 3.05) is 10.8 Å². The third kappa shape index (κ3) is 3.85. The fourth-order valence-corrected chi connectivity index (χ4v) is 1.56. The van der Waals surface area contributed by atoms with Gasteiger partial charge in [0, 0.05) is 0 Å². The molecule has 100 valence electrons. The van der Waals surface area contributed by atoms with Crippen LogP contribution < -0.4 is 9.62 Å². The molecule has 1 rings (SSSR count). The van der Waals surface area contributed by atoms with Crippen molar-refractivity contribution in [3.8, 4) is 0 Å². The van der Waals surface area contributed by atoms with Gasteiger partial charge in [-0.15, -0.1) is 0 Å². The number of anilines is 1. The first-order valence-corrected chi connectivity index (χ1v) is 5.61. The Morgan fingerprint density at radius 2 is 2.00 bits per heavy atom. The molecule has 0 unspecified atom stereocenters. The third-order valence-corrected chi connectivity index (χ3v) is 2.57. The molecule has 7 heteroatoms. The molecule has 19 heavy (non-hydrogen) atoms. The number of nitrogens with zero attached hydrogens (tertiary/aromatic N) is 1. The highest BCUT2D eigenvalue weighted by Crippen LogP contribution is 2.22. The summed E-state index contributed by atoms with van der Waals surface area (Å²) in [6.45, 7) is 2.82. The molecule has 0 saturated heterocycles. The van der Waals surface area contributed by atoms with Crippen molar-refractivity contribution in [1.82, 2.24) is 5.32 Å². The topological polar surface area (TPSA) is 86.7 Å². The number of amides is 2. The van der Waals surface area contributed by atoms with E-state index in [0.717, 1.165) is 10.4 Å². The van der Waals surface area contributed by atoms with Crippen molar-refractivity contribution in [3.63, 3.8) is 0 Å². The Bertz CT molecular complexity index is 530. The van der Waals surface area contributed by atoms with Crippen molar-refractivity contribution in [2.45, 2.75) is 0 Å². The molecule has 0 aromatic heterocycles. The van der Waals surface area contributed by atoms with Crippen LogP contribution in [0.4, 0.5) is 5.69 Å². The van der Waals surface area contributed by atoms with Crippen molar-refractivity contribution in [2.24, 2.45) is 0 Å². The quantitative estimate of drug-likeness (QED) is 0.551. The molecule has 0 aliphatic rings. The van der Waals surface area contributed by atoms with Gasteiger partial charge in [-0.2, -0.15) is 0 Å². The van der Waals surface area contributed by atoms with Crippen molar-refractivity contribution in [3.05, 3.63) is 42.5 Å². The van der Waals surface area contributed by atoms with E-state index < -0.39 is 24.3 Å². The number of carboxylic acids is 1. The van der Waals surface area contributed by atoms with E-state index in [1.165, 1.54) is 12.1 Å². The van der Waals surface area contributed by atoms with Crippen LogP contribution in [0.5, 0.6) is 0 Å². The lowest BCUT2D eigenvalue weighted by molar-refractivity contribution is -0.135. The van der Waals surface area contributed by atoms with Crippen molar-refractivity contribution >= 4 is 36.3 Å². The maximum absolute atomic E-state index is 11.8. The third-order valence-electron chi connectivity index (χ3n) is 2.16. The van der Waals surface area contributed by atoms with Crippen LogP contribution in [0.15, 0.2) is 36.9 Å². The molecule has 0 heterocycles. The first kappa shape index (κ1) is 14.8. The van der Waals surface area contributed by atoms with Crippen LogP contribution in [0, 0.1) is 0 Å². The molecule has 0 saturated carbocycles. The maximum Gasteiger partial charge on any atom is 0.322 e. The second-order valence-corrected chi connectivity index (χ2v) is 3.85. The molecular weight excluding hydrogens is 268 g/mol. The molecule has 6 nitrogen and oxygen atoms in total. The summed E-state index contributed by atoms with van der Waals surface area (Å²) in [6.07, 6.45) is 1.05. The highest BCUT2D eigenvalue weighted by molar-refractivity contribution is 7.82. The summed E-state index contributed by atoms with van der Waals surface area (Å²) in [5, 5.41) is 10.7. The average molecular weight is 280 g/mol. The number of carbonyl (C=O) groups excluding carboxylic acids is 2. The van der Waals surface area contributed by atoms with Crippen LogP contribution in [0.25, 0.3) is 0 Å². The molecule has 0 aliphatic carbocycles. The zero-order valence-electron chi connectivity index (χ0n) is 9.87. The van der Waals surface area contributed by atoms with E-state index in [1.54, 1.807) is 12.1 Å². The van der Waals surface area contributed by atoms with Crippen LogP contribution >= 0.6 is 12.8 Å². The molecule has 1 aromatic carbocycles.